The van der Waals surface area contributed by atoms with Crippen LogP contribution in [0, 0.1) is 11.8 Å². The van der Waals surface area contributed by atoms with Gasteiger partial charge in [0.25, 0.3) is 0 Å². The molecular formula is C11H21NO. The summed E-state index contributed by atoms with van der Waals surface area (Å²) >= 11 is 0. The summed E-state index contributed by atoms with van der Waals surface area (Å²) < 4.78 is 0. The number of carbonyl (C=O) groups is 1. The van der Waals surface area contributed by atoms with Crippen molar-refractivity contribution in [2.24, 2.45) is 11.8 Å². The van der Waals surface area contributed by atoms with Crippen LogP contribution in [0.15, 0.2) is 12.2 Å². The van der Waals surface area contributed by atoms with Crippen molar-refractivity contribution in [1.29, 1.82) is 0 Å². The van der Waals surface area contributed by atoms with Crippen LogP contribution in [0.5, 0.6) is 0 Å². The molecule has 13 heavy (non-hydrogen) atoms. The van der Waals surface area contributed by atoms with E-state index in [-0.39, 0.29) is 5.91 Å². The lowest BCUT2D eigenvalue weighted by atomic mass is 9.95. The number of carbonyl (C=O) groups excluding carboxylic acids is 1. The Bertz CT molecular complexity index is 175. The van der Waals surface area contributed by atoms with Crippen LogP contribution in [0.4, 0.5) is 0 Å². The third-order valence-corrected chi connectivity index (χ3v) is 2.29. The summed E-state index contributed by atoms with van der Waals surface area (Å²) in [4.78, 5) is 10.9. The summed E-state index contributed by atoms with van der Waals surface area (Å²) in [6.45, 7) is 6.58. The van der Waals surface area contributed by atoms with Crippen molar-refractivity contribution in [2.75, 3.05) is 7.05 Å². The normalized spacial score (nSPS) is 15.7. The third-order valence-electron chi connectivity index (χ3n) is 2.29. The molecule has 0 heterocycles. The number of rotatable bonds is 5. The monoisotopic (exact) mass is 183 g/mol. The quantitative estimate of drug-likeness (QED) is 0.651. The average Bonchev–Trinajstić information content (AvgIpc) is 2.13. The standard InChI is InChI=1S/C11H21NO/c1-5-9(2)8-10(3)6-7-11(13)12-4/h6-7,9-10H,5,8H2,1-4H3,(H,12,13)/b7-6+/t9-,10+/m0/s1. The molecule has 0 spiro atoms. The van der Waals surface area contributed by atoms with Gasteiger partial charge < -0.3 is 5.32 Å². The van der Waals surface area contributed by atoms with Crippen molar-refractivity contribution in [1.82, 2.24) is 5.32 Å². The Hall–Kier alpha value is -0.790. The highest BCUT2D eigenvalue weighted by molar-refractivity contribution is 5.87. The highest BCUT2D eigenvalue weighted by atomic mass is 16.1. The highest BCUT2D eigenvalue weighted by Gasteiger charge is 2.03. The summed E-state index contributed by atoms with van der Waals surface area (Å²) in [5.41, 5.74) is 0. The average molecular weight is 183 g/mol. The zero-order chi connectivity index (χ0) is 10.3. The van der Waals surface area contributed by atoms with Crippen LogP contribution in [0.1, 0.15) is 33.6 Å². The first kappa shape index (κ1) is 12.2. The van der Waals surface area contributed by atoms with E-state index in [0.717, 1.165) is 12.3 Å². The van der Waals surface area contributed by atoms with Gasteiger partial charge in [-0.25, -0.2) is 0 Å². The van der Waals surface area contributed by atoms with Crippen LogP contribution in [-0.2, 0) is 4.79 Å². The maximum Gasteiger partial charge on any atom is 0.243 e. The smallest absolute Gasteiger partial charge is 0.243 e. The van der Waals surface area contributed by atoms with Crippen LogP contribution in [-0.4, -0.2) is 13.0 Å². The zero-order valence-electron chi connectivity index (χ0n) is 9.13. The van der Waals surface area contributed by atoms with Gasteiger partial charge >= 0.3 is 0 Å². The molecule has 2 nitrogen and oxygen atoms in total. The molecule has 1 N–H and O–H groups in total. The molecule has 76 valence electrons. The largest absolute Gasteiger partial charge is 0.356 e. The predicted octanol–water partition coefficient (Wildman–Crippen LogP) is 2.36. The van der Waals surface area contributed by atoms with E-state index in [1.54, 1.807) is 13.1 Å². The lowest BCUT2D eigenvalue weighted by Crippen LogP contribution is -2.14. The van der Waals surface area contributed by atoms with Crippen LogP contribution < -0.4 is 5.32 Å². The van der Waals surface area contributed by atoms with Gasteiger partial charge in [-0.3, -0.25) is 4.79 Å². The van der Waals surface area contributed by atoms with E-state index >= 15 is 0 Å². The molecule has 0 bridgehead atoms. The molecule has 0 fully saturated rings. The maximum atomic E-state index is 10.9. The Morgan fingerprint density at radius 2 is 2.08 bits per heavy atom. The molecule has 0 aliphatic carbocycles. The Kier molecular flexibility index (Phi) is 6.29. The minimum absolute atomic E-state index is 0.0176. The first-order valence-electron chi connectivity index (χ1n) is 5.00. The van der Waals surface area contributed by atoms with E-state index in [0.29, 0.717) is 5.92 Å². The maximum absolute atomic E-state index is 10.9. The number of nitrogens with one attached hydrogen (secondary N) is 1. The van der Waals surface area contributed by atoms with Crippen molar-refractivity contribution in [3.05, 3.63) is 12.2 Å². The van der Waals surface area contributed by atoms with E-state index in [1.165, 1.54) is 6.42 Å². The number of amides is 1. The SMILES string of the molecule is CC[C@H](C)C[C@H](C)/C=C/C(=O)NC. The first-order chi connectivity index (χ1) is 6.10. The predicted molar refractivity (Wildman–Crippen MR) is 56.4 cm³/mol. The Morgan fingerprint density at radius 3 is 2.54 bits per heavy atom. The van der Waals surface area contributed by atoms with Crippen LogP contribution >= 0.6 is 0 Å². The fraction of sp³-hybridized carbons (Fsp3) is 0.727. The summed E-state index contributed by atoms with van der Waals surface area (Å²) in [6.07, 6.45) is 5.96. The van der Waals surface area contributed by atoms with Crippen LogP contribution in [0.2, 0.25) is 0 Å². The van der Waals surface area contributed by atoms with Crippen molar-refractivity contribution in [3.63, 3.8) is 0 Å². The molecule has 0 aromatic heterocycles. The molecule has 1 amide bonds. The van der Waals surface area contributed by atoms with E-state index in [4.69, 9.17) is 0 Å². The molecule has 0 aliphatic heterocycles. The summed E-state index contributed by atoms with van der Waals surface area (Å²) in [5, 5.41) is 2.56. The molecule has 0 unspecified atom stereocenters. The lowest BCUT2D eigenvalue weighted by molar-refractivity contribution is -0.116. The van der Waals surface area contributed by atoms with Gasteiger partial charge in [0.2, 0.25) is 5.91 Å². The van der Waals surface area contributed by atoms with Gasteiger partial charge in [0.1, 0.15) is 0 Å². The van der Waals surface area contributed by atoms with Crippen LogP contribution in [0.3, 0.4) is 0 Å². The number of hydrogen-bond acceptors (Lipinski definition) is 1. The van der Waals surface area contributed by atoms with Crippen molar-refractivity contribution >= 4 is 5.91 Å². The second-order valence-corrected chi connectivity index (χ2v) is 3.70. The molecule has 0 aliphatic rings. The molecule has 0 rings (SSSR count). The molecule has 0 aromatic rings. The molecule has 0 aromatic carbocycles. The lowest BCUT2D eigenvalue weighted by Gasteiger charge is -2.11. The Labute approximate surface area is 81.4 Å². The van der Waals surface area contributed by atoms with Crippen LogP contribution in [0.25, 0.3) is 0 Å². The minimum atomic E-state index is -0.0176. The van der Waals surface area contributed by atoms with E-state index in [9.17, 15) is 4.79 Å². The topological polar surface area (TPSA) is 29.1 Å². The first-order valence-corrected chi connectivity index (χ1v) is 5.00. The Morgan fingerprint density at radius 1 is 1.46 bits per heavy atom. The van der Waals surface area contributed by atoms with Gasteiger partial charge in [0.15, 0.2) is 0 Å². The minimum Gasteiger partial charge on any atom is -0.356 e. The van der Waals surface area contributed by atoms with E-state index in [1.807, 2.05) is 6.08 Å². The van der Waals surface area contributed by atoms with Crippen molar-refractivity contribution < 1.29 is 4.79 Å². The number of hydrogen-bond donors (Lipinski definition) is 1. The second kappa shape index (κ2) is 6.70. The van der Waals surface area contributed by atoms with Gasteiger partial charge in [-0.15, -0.1) is 0 Å². The summed E-state index contributed by atoms with van der Waals surface area (Å²) in [5.74, 6) is 1.22. The second-order valence-electron chi connectivity index (χ2n) is 3.70. The van der Waals surface area contributed by atoms with E-state index in [2.05, 4.69) is 26.1 Å². The Balaban J connectivity index is 3.79. The molecule has 2 heteroatoms. The zero-order valence-corrected chi connectivity index (χ0v) is 9.13. The molecule has 0 radical (unpaired) electrons. The van der Waals surface area contributed by atoms with Gasteiger partial charge in [-0.2, -0.15) is 0 Å². The number of likely N-dealkylation sites (N-methyl/N-ethyl adjacent to an activating group) is 1. The fourth-order valence-corrected chi connectivity index (χ4v) is 1.21. The van der Waals surface area contributed by atoms with E-state index < -0.39 is 0 Å². The van der Waals surface area contributed by atoms with Gasteiger partial charge in [0, 0.05) is 7.05 Å². The summed E-state index contributed by atoms with van der Waals surface area (Å²) in [6, 6.07) is 0. The third kappa shape index (κ3) is 6.38. The van der Waals surface area contributed by atoms with Crippen molar-refractivity contribution in [2.45, 2.75) is 33.6 Å². The summed E-state index contributed by atoms with van der Waals surface area (Å²) in [7, 11) is 1.64. The van der Waals surface area contributed by atoms with Crippen molar-refractivity contribution in [3.8, 4) is 0 Å². The fourth-order valence-electron chi connectivity index (χ4n) is 1.21. The molecular weight excluding hydrogens is 162 g/mol. The molecule has 2 atom stereocenters. The van der Waals surface area contributed by atoms with Gasteiger partial charge in [0.05, 0.1) is 0 Å². The number of allylic oxidation sites excluding steroid dienone is 1. The van der Waals surface area contributed by atoms with Gasteiger partial charge in [-0.05, 0) is 24.3 Å². The molecule has 0 saturated heterocycles. The highest BCUT2D eigenvalue weighted by Crippen LogP contribution is 2.15. The van der Waals surface area contributed by atoms with Gasteiger partial charge in [-0.1, -0.05) is 33.3 Å². The molecule has 0 saturated carbocycles.